The Bertz CT molecular complexity index is 783. The van der Waals surface area contributed by atoms with E-state index in [1.807, 2.05) is 19.2 Å². The van der Waals surface area contributed by atoms with Crippen LogP contribution in [0.15, 0.2) is 47.6 Å². The second-order valence-electron chi connectivity index (χ2n) is 6.13. The predicted molar refractivity (Wildman–Crippen MR) is 92.5 cm³/mol. The summed E-state index contributed by atoms with van der Waals surface area (Å²) in [7, 11) is -3.51. The Hall–Kier alpha value is -2.15. The van der Waals surface area contributed by atoms with Gasteiger partial charge in [-0.2, -0.15) is 5.10 Å². The fourth-order valence-corrected chi connectivity index (χ4v) is 3.55. The molecule has 1 heterocycles. The molecule has 2 rings (SSSR count). The lowest BCUT2D eigenvalue weighted by Crippen LogP contribution is -2.31. The van der Waals surface area contributed by atoms with Gasteiger partial charge in [0.1, 0.15) is 0 Å². The van der Waals surface area contributed by atoms with Gasteiger partial charge in [-0.1, -0.05) is 19.1 Å². The predicted octanol–water partition coefficient (Wildman–Crippen LogP) is 2.13. The number of carbonyl (C=O) groups excluding carboxylic acids is 1. The lowest BCUT2D eigenvalue weighted by atomic mass is 10.1. The van der Waals surface area contributed by atoms with Crippen molar-refractivity contribution in [3.05, 3.63) is 48.3 Å². The van der Waals surface area contributed by atoms with Crippen molar-refractivity contribution in [1.29, 1.82) is 0 Å². The van der Waals surface area contributed by atoms with E-state index in [4.69, 9.17) is 0 Å². The molecule has 1 N–H and O–H groups in total. The molecule has 0 unspecified atom stereocenters. The molecule has 0 bridgehead atoms. The first-order chi connectivity index (χ1) is 11.3. The van der Waals surface area contributed by atoms with Crippen LogP contribution in [-0.4, -0.2) is 35.9 Å². The molecule has 1 aromatic heterocycles. The van der Waals surface area contributed by atoms with Crippen LogP contribution in [0.4, 0.5) is 0 Å². The van der Waals surface area contributed by atoms with Gasteiger partial charge in [0, 0.05) is 25.5 Å². The molecule has 2 aromatic rings. The van der Waals surface area contributed by atoms with E-state index < -0.39 is 15.1 Å². The van der Waals surface area contributed by atoms with Crippen LogP contribution in [0.2, 0.25) is 0 Å². The van der Waals surface area contributed by atoms with E-state index in [0.29, 0.717) is 13.1 Å². The summed E-state index contributed by atoms with van der Waals surface area (Å²) in [5, 5.41) is 6.37. The van der Waals surface area contributed by atoms with Gasteiger partial charge in [0.2, 0.25) is 0 Å². The Morgan fingerprint density at radius 2 is 1.92 bits per heavy atom. The Balaban J connectivity index is 2.08. The number of rotatable bonds is 7. The summed E-state index contributed by atoms with van der Waals surface area (Å²) in [6.07, 6.45) is 3.57. The van der Waals surface area contributed by atoms with Crippen LogP contribution >= 0.6 is 0 Å². The first-order valence-corrected chi connectivity index (χ1v) is 9.45. The molecule has 0 aliphatic rings. The Morgan fingerprint density at radius 3 is 2.54 bits per heavy atom. The zero-order valence-electron chi connectivity index (χ0n) is 14.1. The van der Waals surface area contributed by atoms with Crippen molar-refractivity contribution in [1.82, 2.24) is 15.1 Å². The molecule has 1 aromatic carbocycles. The van der Waals surface area contributed by atoms with Crippen LogP contribution in [0, 0.1) is 5.92 Å². The van der Waals surface area contributed by atoms with Crippen LogP contribution in [0.5, 0.6) is 0 Å². The van der Waals surface area contributed by atoms with Crippen molar-refractivity contribution in [2.75, 3.05) is 6.54 Å². The van der Waals surface area contributed by atoms with Crippen molar-refractivity contribution in [3.8, 4) is 0 Å². The fourth-order valence-electron chi connectivity index (χ4n) is 2.31. The number of hydrogen-bond acceptors (Lipinski definition) is 4. The number of benzene rings is 1. The average Bonchev–Trinajstić information content (AvgIpc) is 3.05. The van der Waals surface area contributed by atoms with Crippen LogP contribution in [-0.2, 0) is 16.4 Å². The van der Waals surface area contributed by atoms with E-state index in [1.54, 1.807) is 42.9 Å². The zero-order valence-corrected chi connectivity index (χ0v) is 15.0. The maximum absolute atomic E-state index is 12.4. The maximum Gasteiger partial charge on any atom is 0.252 e. The number of nitrogens with one attached hydrogen (secondary N) is 1. The van der Waals surface area contributed by atoms with E-state index in [0.717, 1.165) is 0 Å². The van der Waals surface area contributed by atoms with Crippen LogP contribution in [0.1, 0.15) is 31.1 Å². The normalized spacial score (nSPS) is 13.0. The first kappa shape index (κ1) is 18.2. The van der Waals surface area contributed by atoms with Crippen LogP contribution < -0.4 is 5.32 Å². The molecule has 1 atom stereocenters. The van der Waals surface area contributed by atoms with Crippen molar-refractivity contribution >= 4 is 15.7 Å². The summed E-state index contributed by atoms with van der Waals surface area (Å²) in [5.74, 6) is -0.204. The second kappa shape index (κ2) is 7.61. The largest absolute Gasteiger partial charge is 0.352 e. The second-order valence-corrected chi connectivity index (χ2v) is 8.61. The van der Waals surface area contributed by atoms with E-state index in [1.165, 1.54) is 6.07 Å². The van der Waals surface area contributed by atoms with Gasteiger partial charge in [-0.3, -0.25) is 9.48 Å². The third kappa shape index (κ3) is 4.23. The third-order valence-corrected chi connectivity index (χ3v) is 5.94. The molecule has 0 spiro atoms. The molecule has 0 fully saturated rings. The molecule has 0 aliphatic heterocycles. The number of aromatic nitrogens is 2. The number of hydrogen-bond donors (Lipinski definition) is 1. The van der Waals surface area contributed by atoms with E-state index in [2.05, 4.69) is 10.4 Å². The molecule has 0 saturated carbocycles. The molecule has 0 radical (unpaired) electrons. The highest BCUT2D eigenvalue weighted by Gasteiger charge is 2.25. The van der Waals surface area contributed by atoms with Gasteiger partial charge in [-0.15, -0.1) is 0 Å². The highest BCUT2D eigenvalue weighted by Crippen LogP contribution is 2.20. The van der Waals surface area contributed by atoms with E-state index >= 15 is 0 Å². The Kier molecular flexibility index (Phi) is 5.77. The van der Waals surface area contributed by atoms with Gasteiger partial charge >= 0.3 is 0 Å². The lowest BCUT2D eigenvalue weighted by Gasteiger charge is -2.15. The Morgan fingerprint density at radius 1 is 1.21 bits per heavy atom. The van der Waals surface area contributed by atoms with Gasteiger partial charge < -0.3 is 5.32 Å². The number of sulfone groups is 1. The molecular formula is C17H23N3O3S. The molecule has 24 heavy (non-hydrogen) atoms. The molecule has 0 saturated heterocycles. The molecule has 6 nitrogen and oxygen atoms in total. The first-order valence-electron chi connectivity index (χ1n) is 7.91. The minimum Gasteiger partial charge on any atom is -0.352 e. The summed E-state index contributed by atoms with van der Waals surface area (Å²) in [4.78, 5) is 12.5. The summed E-state index contributed by atoms with van der Waals surface area (Å²) < 4.78 is 26.6. The third-order valence-electron chi connectivity index (χ3n) is 3.73. The number of carbonyl (C=O) groups is 1. The quantitative estimate of drug-likeness (QED) is 0.830. The SMILES string of the molecule is CC(C)S(=O)(=O)c1ccccc1C(=O)NC[C@@H](C)Cn1cccn1. The van der Waals surface area contributed by atoms with Crippen LogP contribution in [0.25, 0.3) is 0 Å². The Labute approximate surface area is 142 Å². The summed E-state index contributed by atoms with van der Waals surface area (Å²) in [6, 6.07) is 8.17. The fraction of sp³-hybridized carbons (Fsp3) is 0.412. The van der Waals surface area contributed by atoms with E-state index in [-0.39, 0.29) is 22.3 Å². The number of nitrogens with zero attached hydrogens (tertiary/aromatic N) is 2. The molecule has 130 valence electrons. The summed E-state index contributed by atoms with van der Waals surface area (Å²) in [5.41, 5.74) is 0.192. The van der Waals surface area contributed by atoms with Gasteiger partial charge in [-0.25, -0.2) is 8.42 Å². The van der Waals surface area contributed by atoms with Crippen molar-refractivity contribution in [2.45, 2.75) is 37.5 Å². The summed E-state index contributed by atoms with van der Waals surface area (Å²) >= 11 is 0. The van der Waals surface area contributed by atoms with Crippen molar-refractivity contribution in [2.24, 2.45) is 5.92 Å². The maximum atomic E-state index is 12.4. The van der Waals surface area contributed by atoms with Gasteiger partial charge in [-0.05, 0) is 38.0 Å². The summed E-state index contributed by atoms with van der Waals surface area (Å²) in [6.45, 7) is 6.33. The topological polar surface area (TPSA) is 81.1 Å². The smallest absolute Gasteiger partial charge is 0.252 e. The highest BCUT2D eigenvalue weighted by atomic mass is 32.2. The highest BCUT2D eigenvalue weighted by molar-refractivity contribution is 7.92. The minimum absolute atomic E-state index is 0.0808. The zero-order chi connectivity index (χ0) is 17.7. The molecule has 0 aliphatic carbocycles. The molecule has 7 heteroatoms. The van der Waals surface area contributed by atoms with Crippen molar-refractivity contribution in [3.63, 3.8) is 0 Å². The molecule has 1 amide bonds. The van der Waals surface area contributed by atoms with Gasteiger partial charge in [0.05, 0.1) is 15.7 Å². The van der Waals surface area contributed by atoms with E-state index in [9.17, 15) is 13.2 Å². The molecular weight excluding hydrogens is 326 g/mol. The lowest BCUT2D eigenvalue weighted by molar-refractivity contribution is 0.0943. The van der Waals surface area contributed by atoms with Gasteiger partial charge in [0.15, 0.2) is 9.84 Å². The average molecular weight is 349 g/mol. The van der Waals surface area contributed by atoms with Crippen LogP contribution in [0.3, 0.4) is 0 Å². The standard InChI is InChI=1S/C17H23N3O3S/c1-13(2)24(22,23)16-8-5-4-7-15(16)17(21)18-11-14(3)12-20-10-6-9-19-20/h4-10,13-14H,11-12H2,1-3H3,(H,18,21)/t14-/m1/s1. The monoisotopic (exact) mass is 349 g/mol. The van der Waals surface area contributed by atoms with Crippen molar-refractivity contribution < 1.29 is 13.2 Å². The van der Waals surface area contributed by atoms with Gasteiger partial charge in [0.25, 0.3) is 5.91 Å². The minimum atomic E-state index is -3.51. The number of amides is 1.